The lowest BCUT2D eigenvalue weighted by molar-refractivity contribution is -0.125. The van der Waals surface area contributed by atoms with Gasteiger partial charge in [0.25, 0.3) is 10.2 Å². The molecular weight excluding hydrogens is 454 g/mol. The van der Waals surface area contributed by atoms with Crippen molar-refractivity contribution in [2.75, 3.05) is 39.2 Å². The summed E-state index contributed by atoms with van der Waals surface area (Å²) >= 11 is 0. The Morgan fingerprint density at radius 1 is 1.03 bits per heavy atom. The Bertz CT molecular complexity index is 934. The van der Waals surface area contributed by atoms with Gasteiger partial charge in [-0.2, -0.15) is 17.0 Å². The lowest BCUT2D eigenvalue weighted by atomic mass is 10.00. The van der Waals surface area contributed by atoms with E-state index < -0.39 is 44.0 Å². The van der Waals surface area contributed by atoms with E-state index in [0.29, 0.717) is 0 Å². The molecule has 11 heteroatoms. The molecule has 0 radical (unpaired) electrons. The van der Waals surface area contributed by atoms with E-state index in [1.807, 2.05) is 44.2 Å². The van der Waals surface area contributed by atoms with E-state index in [2.05, 4.69) is 5.32 Å². The molecule has 1 amide bonds. The summed E-state index contributed by atoms with van der Waals surface area (Å²) in [5.41, 5.74) is 0.846. The molecular formula is C21H37N3O6S2. The highest BCUT2D eigenvalue weighted by Crippen LogP contribution is 2.14. The monoisotopic (exact) mass is 491 g/mol. The van der Waals surface area contributed by atoms with Gasteiger partial charge in [0.05, 0.1) is 17.9 Å². The molecule has 0 heterocycles. The summed E-state index contributed by atoms with van der Waals surface area (Å²) in [7, 11) is -4.31. The van der Waals surface area contributed by atoms with Crippen LogP contribution in [0.25, 0.3) is 0 Å². The average Bonchev–Trinajstić information content (AvgIpc) is 2.65. The number of aliphatic hydroxyl groups excluding tert-OH is 1. The van der Waals surface area contributed by atoms with Gasteiger partial charge in [0.15, 0.2) is 0 Å². The van der Waals surface area contributed by atoms with Crippen molar-refractivity contribution in [3.05, 3.63) is 35.9 Å². The number of benzene rings is 1. The SMILES string of the molecule is CC(C)CN(C[C@@H](O)[C@H](Cc1ccccc1)NC(=O)[C@H](C)CS(C)(=O)=O)S(=O)(=O)N(C)C. The van der Waals surface area contributed by atoms with Gasteiger partial charge in [-0.25, -0.2) is 8.42 Å². The molecule has 0 aliphatic carbocycles. The Balaban J connectivity index is 3.14. The van der Waals surface area contributed by atoms with Gasteiger partial charge in [0, 0.05) is 39.4 Å². The van der Waals surface area contributed by atoms with Crippen molar-refractivity contribution in [1.82, 2.24) is 13.9 Å². The number of nitrogens with one attached hydrogen (secondary N) is 1. The van der Waals surface area contributed by atoms with Crippen LogP contribution < -0.4 is 5.32 Å². The van der Waals surface area contributed by atoms with Crippen LogP contribution >= 0.6 is 0 Å². The van der Waals surface area contributed by atoms with Gasteiger partial charge in [-0.3, -0.25) is 4.79 Å². The van der Waals surface area contributed by atoms with Crippen LogP contribution in [0, 0.1) is 11.8 Å². The minimum absolute atomic E-state index is 0.0221. The molecule has 9 nitrogen and oxygen atoms in total. The quantitative estimate of drug-likeness (QED) is 0.415. The lowest BCUT2D eigenvalue weighted by Gasteiger charge is -2.32. The summed E-state index contributed by atoms with van der Waals surface area (Å²) in [6.07, 6.45) is 0.109. The first-order chi connectivity index (χ1) is 14.6. The number of nitrogens with zero attached hydrogens (tertiary/aromatic N) is 2. The fourth-order valence-corrected chi connectivity index (χ4v) is 5.59. The normalized spacial score (nSPS) is 15.7. The van der Waals surface area contributed by atoms with Crippen molar-refractivity contribution in [1.29, 1.82) is 0 Å². The molecule has 0 unspecified atom stereocenters. The number of sulfone groups is 1. The highest BCUT2D eigenvalue weighted by molar-refractivity contribution is 7.90. The Hall–Kier alpha value is -1.53. The predicted octanol–water partition coefficient (Wildman–Crippen LogP) is 0.520. The second-order valence-corrected chi connectivity index (χ2v) is 13.2. The summed E-state index contributed by atoms with van der Waals surface area (Å²) < 4.78 is 50.9. The van der Waals surface area contributed by atoms with Crippen molar-refractivity contribution in [3.8, 4) is 0 Å². The van der Waals surface area contributed by atoms with Gasteiger partial charge >= 0.3 is 0 Å². The van der Waals surface area contributed by atoms with Crippen LogP contribution in [-0.2, 0) is 31.3 Å². The molecule has 184 valence electrons. The summed E-state index contributed by atoms with van der Waals surface area (Å²) in [5.74, 6) is -1.62. The Morgan fingerprint density at radius 3 is 2.06 bits per heavy atom. The molecule has 0 aliphatic heterocycles. The standard InChI is InChI=1S/C21H37N3O6S2/c1-16(2)13-24(32(29,30)23(4)5)14-20(25)19(12-18-10-8-7-9-11-18)22-21(26)17(3)15-31(6,27)28/h7-11,16-17,19-20,25H,12-15H2,1-6H3,(H,22,26)/t17-,19+,20-/m1/s1. The summed E-state index contributed by atoms with van der Waals surface area (Å²) in [5, 5.41) is 13.7. The summed E-state index contributed by atoms with van der Waals surface area (Å²) in [4.78, 5) is 12.7. The Kier molecular flexibility index (Phi) is 10.8. The molecule has 1 aromatic rings. The molecule has 32 heavy (non-hydrogen) atoms. The first kappa shape index (κ1) is 28.5. The number of rotatable bonds is 13. The van der Waals surface area contributed by atoms with Gasteiger partial charge in [-0.05, 0) is 17.9 Å². The van der Waals surface area contributed by atoms with Gasteiger partial charge in [-0.1, -0.05) is 51.1 Å². The Labute approximate surface area is 192 Å². The number of carbonyl (C=O) groups excluding carboxylic acids is 1. The fourth-order valence-electron chi connectivity index (χ4n) is 3.24. The maximum absolute atomic E-state index is 12.8. The summed E-state index contributed by atoms with van der Waals surface area (Å²) in [6, 6.07) is 8.38. The van der Waals surface area contributed by atoms with Crippen molar-refractivity contribution in [3.63, 3.8) is 0 Å². The first-order valence-corrected chi connectivity index (χ1v) is 14.0. The molecule has 0 bridgehead atoms. The van der Waals surface area contributed by atoms with Gasteiger partial charge < -0.3 is 10.4 Å². The first-order valence-electron chi connectivity index (χ1n) is 10.5. The molecule has 0 saturated heterocycles. The van der Waals surface area contributed by atoms with Crippen LogP contribution in [0.2, 0.25) is 0 Å². The zero-order valence-corrected chi connectivity index (χ0v) is 21.4. The topological polar surface area (TPSA) is 124 Å². The minimum Gasteiger partial charge on any atom is -0.390 e. The maximum atomic E-state index is 12.8. The number of hydrogen-bond donors (Lipinski definition) is 2. The third-order valence-corrected chi connectivity index (χ3v) is 7.82. The summed E-state index contributed by atoms with van der Waals surface area (Å²) in [6.45, 7) is 5.25. The molecule has 1 rings (SSSR count). The van der Waals surface area contributed by atoms with Crippen LogP contribution in [0.15, 0.2) is 30.3 Å². The fraction of sp³-hybridized carbons (Fsp3) is 0.667. The predicted molar refractivity (Wildman–Crippen MR) is 126 cm³/mol. The van der Waals surface area contributed by atoms with Crippen molar-refractivity contribution < 1.29 is 26.7 Å². The average molecular weight is 492 g/mol. The Morgan fingerprint density at radius 2 is 1.59 bits per heavy atom. The van der Waals surface area contributed by atoms with Crippen LogP contribution in [-0.4, -0.2) is 87.8 Å². The lowest BCUT2D eigenvalue weighted by Crippen LogP contribution is -2.53. The third-order valence-electron chi connectivity index (χ3n) is 4.84. The van der Waals surface area contributed by atoms with Crippen molar-refractivity contribution >= 4 is 26.0 Å². The molecule has 0 aromatic heterocycles. The van der Waals surface area contributed by atoms with Crippen LogP contribution in [0.5, 0.6) is 0 Å². The molecule has 2 N–H and O–H groups in total. The van der Waals surface area contributed by atoms with Crippen LogP contribution in [0.1, 0.15) is 26.3 Å². The highest BCUT2D eigenvalue weighted by atomic mass is 32.2. The largest absolute Gasteiger partial charge is 0.390 e. The van der Waals surface area contributed by atoms with E-state index in [0.717, 1.165) is 16.1 Å². The van der Waals surface area contributed by atoms with E-state index in [9.17, 15) is 26.7 Å². The zero-order chi connectivity index (χ0) is 24.7. The second kappa shape index (κ2) is 12.1. The van der Waals surface area contributed by atoms with E-state index in [-0.39, 0.29) is 31.2 Å². The van der Waals surface area contributed by atoms with E-state index in [4.69, 9.17) is 0 Å². The van der Waals surface area contributed by atoms with E-state index in [1.54, 1.807) is 0 Å². The number of aliphatic hydroxyl groups is 1. The smallest absolute Gasteiger partial charge is 0.281 e. The van der Waals surface area contributed by atoms with Crippen molar-refractivity contribution in [2.24, 2.45) is 11.8 Å². The van der Waals surface area contributed by atoms with E-state index >= 15 is 0 Å². The number of carbonyl (C=O) groups is 1. The molecule has 0 aliphatic rings. The van der Waals surface area contributed by atoms with Gasteiger partial charge in [0.1, 0.15) is 9.84 Å². The van der Waals surface area contributed by atoms with Crippen LogP contribution in [0.4, 0.5) is 0 Å². The molecule has 0 spiro atoms. The molecule has 3 atom stereocenters. The second-order valence-electron chi connectivity index (χ2n) is 8.87. The highest BCUT2D eigenvalue weighted by Gasteiger charge is 2.32. The molecule has 1 aromatic carbocycles. The number of hydrogen-bond acceptors (Lipinski definition) is 6. The molecule has 0 saturated carbocycles. The van der Waals surface area contributed by atoms with Crippen molar-refractivity contribution in [2.45, 2.75) is 39.3 Å². The number of amides is 1. The third kappa shape index (κ3) is 9.53. The van der Waals surface area contributed by atoms with Gasteiger partial charge in [-0.15, -0.1) is 0 Å². The van der Waals surface area contributed by atoms with E-state index in [1.165, 1.54) is 25.3 Å². The minimum atomic E-state index is -3.79. The molecule has 0 fully saturated rings. The van der Waals surface area contributed by atoms with Crippen LogP contribution in [0.3, 0.4) is 0 Å². The zero-order valence-electron chi connectivity index (χ0n) is 19.7. The maximum Gasteiger partial charge on any atom is 0.281 e. The van der Waals surface area contributed by atoms with Gasteiger partial charge in [0.2, 0.25) is 5.91 Å².